The summed E-state index contributed by atoms with van der Waals surface area (Å²) >= 11 is 0. The number of piperazine rings is 1. The van der Waals surface area contributed by atoms with E-state index in [0.29, 0.717) is 31.6 Å². The van der Waals surface area contributed by atoms with Gasteiger partial charge in [-0.2, -0.15) is 0 Å². The minimum Gasteiger partial charge on any atom is -0.494 e. The fraction of sp³-hybridized carbons (Fsp3) is 0.370. The third-order valence-corrected chi connectivity index (χ3v) is 6.13. The maximum atomic E-state index is 14.5. The van der Waals surface area contributed by atoms with E-state index >= 15 is 0 Å². The molecule has 1 aromatic heterocycles. The topological polar surface area (TPSA) is 107 Å². The molecule has 0 unspecified atom stereocenters. The minimum atomic E-state index is -0.904. The SMILES string of the molecule is COc1cc(OC)c(F)c(COc2cnc(Nc3ccc(OCCCC(=O)N4CCNCC4)c(F)c3)nc2)c1F. The molecule has 1 amide bonds. The van der Waals surface area contributed by atoms with E-state index in [4.69, 9.17) is 18.9 Å². The van der Waals surface area contributed by atoms with Gasteiger partial charge in [-0.1, -0.05) is 0 Å². The predicted octanol–water partition coefficient (Wildman–Crippen LogP) is 3.82. The smallest absolute Gasteiger partial charge is 0.227 e. The molecule has 4 rings (SSSR count). The van der Waals surface area contributed by atoms with Crippen molar-refractivity contribution in [3.05, 3.63) is 59.7 Å². The van der Waals surface area contributed by atoms with E-state index in [1.54, 1.807) is 6.07 Å². The summed E-state index contributed by atoms with van der Waals surface area (Å²) in [4.78, 5) is 22.2. The monoisotopic (exact) mass is 561 g/mol. The molecule has 0 spiro atoms. The Morgan fingerprint density at radius 2 is 1.65 bits per heavy atom. The van der Waals surface area contributed by atoms with Gasteiger partial charge in [0.2, 0.25) is 11.9 Å². The van der Waals surface area contributed by atoms with E-state index in [2.05, 4.69) is 20.6 Å². The van der Waals surface area contributed by atoms with Crippen molar-refractivity contribution in [3.8, 4) is 23.0 Å². The summed E-state index contributed by atoms with van der Waals surface area (Å²) in [7, 11) is 2.51. The van der Waals surface area contributed by atoms with Crippen molar-refractivity contribution in [3.63, 3.8) is 0 Å². The summed E-state index contributed by atoms with van der Waals surface area (Å²) in [5.41, 5.74) is 0.00218. The molecule has 0 aliphatic carbocycles. The van der Waals surface area contributed by atoms with Gasteiger partial charge in [0.15, 0.2) is 40.4 Å². The minimum absolute atomic E-state index is 0.0680. The molecule has 0 saturated carbocycles. The summed E-state index contributed by atoms with van der Waals surface area (Å²) < 4.78 is 64.3. The number of carbonyl (C=O) groups excluding carboxylic acids is 1. The highest BCUT2D eigenvalue weighted by molar-refractivity contribution is 5.76. The number of benzene rings is 2. The van der Waals surface area contributed by atoms with Crippen LogP contribution in [-0.4, -0.2) is 67.8 Å². The zero-order valence-electron chi connectivity index (χ0n) is 22.1. The first-order chi connectivity index (χ1) is 19.4. The highest BCUT2D eigenvalue weighted by atomic mass is 19.1. The van der Waals surface area contributed by atoms with Gasteiger partial charge in [0.1, 0.15) is 6.61 Å². The predicted molar refractivity (Wildman–Crippen MR) is 140 cm³/mol. The quantitative estimate of drug-likeness (QED) is 0.319. The van der Waals surface area contributed by atoms with Crippen LogP contribution in [-0.2, 0) is 11.4 Å². The number of methoxy groups -OCH3 is 2. The maximum absolute atomic E-state index is 14.5. The fourth-order valence-corrected chi connectivity index (χ4v) is 3.98. The van der Waals surface area contributed by atoms with Crippen molar-refractivity contribution in [1.29, 1.82) is 0 Å². The van der Waals surface area contributed by atoms with Gasteiger partial charge in [-0.3, -0.25) is 4.79 Å². The van der Waals surface area contributed by atoms with Crippen LogP contribution in [0.4, 0.5) is 24.8 Å². The van der Waals surface area contributed by atoms with E-state index in [-0.39, 0.29) is 47.0 Å². The molecule has 2 aromatic carbocycles. The molecule has 40 heavy (non-hydrogen) atoms. The average molecular weight is 562 g/mol. The number of anilines is 2. The molecule has 2 heterocycles. The van der Waals surface area contributed by atoms with Gasteiger partial charge < -0.3 is 34.5 Å². The number of hydrogen-bond donors (Lipinski definition) is 2. The molecule has 1 saturated heterocycles. The molecule has 0 radical (unpaired) electrons. The van der Waals surface area contributed by atoms with E-state index in [0.717, 1.165) is 19.2 Å². The van der Waals surface area contributed by atoms with Gasteiger partial charge in [0, 0.05) is 50.4 Å². The van der Waals surface area contributed by atoms with Crippen LogP contribution in [0.3, 0.4) is 0 Å². The fourth-order valence-electron chi connectivity index (χ4n) is 3.98. The lowest BCUT2D eigenvalue weighted by Gasteiger charge is -2.27. The van der Waals surface area contributed by atoms with Crippen LogP contribution >= 0.6 is 0 Å². The highest BCUT2D eigenvalue weighted by Gasteiger charge is 2.21. The van der Waals surface area contributed by atoms with Crippen LogP contribution in [0, 0.1) is 17.5 Å². The van der Waals surface area contributed by atoms with E-state index in [1.807, 2.05) is 4.90 Å². The van der Waals surface area contributed by atoms with E-state index < -0.39 is 24.1 Å². The lowest BCUT2D eigenvalue weighted by Crippen LogP contribution is -2.46. The molecule has 1 fully saturated rings. The van der Waals surface area contributed by atoms with Gasteiger partial charge in [-0.25, -0.2) is 23.1 Å². The first kappa shape index (κ1) is 28.7. The van der Waals surface area contributed by atoms with Gasteiger partial charge in [-0.15, -0.1) is 0 Å². The average Bonchev–Trinajstić information content (AvgIpc) is 2.97. The van der Waals surface area contributed by atoms with Crippen molar-refractivity contribution in [2.45, 2.75) is 19.4 Å². The second kappa shape index (κ2) is 13.7. The maximum Gasteiger partial charge on any atom is 0.227 e. The molecule has 10 nitrogen and oxygen atoms in total. The molecule has 1 aliphatic heterocycles. The van der Waals surface area contributed by atoms with Crippen LogP contribution in [0.2, 0.25) is 0 Å². The number of nitrogens with zero attached hydrogens (tertiary/aromatic N) is 3. The molecule has 0 atom stereocenters. The summed E-state index contributed by atoms with van der Waals surface area (Å²) in [6, 6.07) is 5.41. The Morgan fingerprint density at radius 3 is 2.27 bits per heavy atom. The number of hydrogen-bond acceptors (Lipinski definition) is 9. The number of carbonyl (C=O) groups is 1. The number of ether oxygens (including phenoxy) is 4. The van der Waals surface area contributed by atoms with E-state index in [1.165, 1.54) is 38.7 Å². The van der Waals surface area contributed by atoms with Crippen LogP contribution < -0.4 is 29.6 Å². The van der Waals surface area contributed by atoms with Crippen molar-refractivity contribution in [1.82, 2.24) is 20.2 Å². The number of amides is 1. The highest BCUT2D eigenvalue weighted by Crippen LogP contribution is 2.32. The van der Waals surface area contributed by atoms with Crippen molar-refractivity contribution in [2.24, 2.45) is 0 Å². The molecular formula is C27H30F3N5O5. The van der Waals surface area contributed by atoms with Gasteiger partial charge in [0.05, 0.1) is 38.8 Å². The van der Waals surface area contributed by atoms with Crippen LogP contribution in [0.5, 0.6) is 23.0 Å². The first-order valence-corrected chi connectivity index (χ1v) is 12.6. The number of nitrogens with one attached hydrogen (secondary N) is 2. The standard InChI is InChI=1S/C27H30F3N5O5/c1-37-22-13-23(38-2)26(30)19(25(22)29)16-40-18-14-32-27(33-15-18)34-17-5-6-21(20(28)12-17)39-11-3-4-24(36)35-9-7-31-8-10-35/h5-6,12-15,31H,3-4,7-11,16H2,1-2H3,(H,32,33,34). The summed E-state index contributed by atoms with van der Waals surface area (Å²) in [6.07, 6.45) is 3.43. The Balaban J connectivity index is 1.27. The number of rotatable bonds is 12. The lowest BCUT2D eigenvalue weighted by molar-refractivity contribution is -0.132. The van der Waals surface area contributed by atoms with Crippen molar-refractivity contribution >= 4 is 17.5 Å². The van der Waals surface area contributed by atoms with Gasteiger partial charge in [-0.05, 0) is 18.6 Å². The summed E-state index contributed by atoms with van der Waals surface area (Å²) in [5.74, 6) is -2.33. The number of aromatic nitrogens is 2. The lowest BCUT2D eigenvalue weighted by atomic mass is 10.1. The van der Waals surface area contributed by atoms with Crippen LogP contribution in [0.25, 0.3) is 0 Å². The second-order valence-electron chi connectivity index (χ2n) is 8.77. The third kappa shape index (κ3) is 7.23. The van der Waals surface area contributed by atoms with Gasteiger partial charge >= 0.3 is 0 Å². The molecule has 214 valence electrons. The molecule has 0 bridgehead atoms. The van der Waals surface area contributed by atoms with Crippen LogP contribution in [0.15, 0.2) is 36.7 Å². The Hall–Kier alpha value is -4.26. The second-order valence-corrected chi connectivity index (χ2v) is 8.77. The molecule has 2 N–H and O–H groups in total. The number of halogens is 3. The molecule has 1 aliphatic rings. The molecule has 13 heteroatoms. The largest absolute Gasteiger partial charge is 0.494 e. The Bertz CT molecular complexity index is 1280. The van der Waals surface area contributed by atoms with Gasteiger partial charge in [0.25, 0.3) is 0 Å². The summed E-state index contributed by atoms with van der Waals surface area (Å²) in [6.45, 7) is 2.72. The zero-order valence-corrected chi connectivity index (χ0v) is 22.1. The molecule has 3 aromatic rings. The van der Waals surface area contributed by atoms with E-state index in [9.17, 15) is 18.0 Å². The van der Waals surface area contributed by atoms with Crippen LogP contribution in [0.1, 0.15) is 18.4 Å². The molecular weight excluding hydrogens is 531 g/mol. The normalized spacial score (nSPS) is 13.1. The Kier molecular flexibility index (Phi) is 9.84. The Morgan fingerprint density at radius 1 is 0.975 bits per heavy atom. The third-order valence-electron chi connectivity index (χ3n) is 6.13. The Labute approximate surface area is 229 Å². The first-order valence-electron chi connectivity index (χ1n) is 12.6. The zero-order chi connectivity index (χ0) is 28.5. The summed E-state index contributed by atoms with van der Waals surface area (Å²) in [5, 5.41) is 6.06. The van der Waals surface area contributed by atoms with Crippen molar-refractivity contribution in [2.75, 3.05) is 52.3 Å². The van der Waals surface area contributed by atoms with Crippen molar-refractivity contribution < 1.29 is 36.9 Å².